The van der Waals surface area contributed by atoms with Gasteiger partial charge in [-0.05, 0) is 35.9 Å². The number of hydrogen-bond donors (Lipinski definition) is 0. The van der Waals surface area contributed by atoms with Crippen LogP contribution in [0.1, 0.15) is 0 Å². The van der Waals surface area contributed by atoms with Gasteiger partial charge in [-0.15, -0.1) is 0 Å². The molecule has 1 fully saturated rings. The number of ether oxygens (including phenoxy) is 1. The molecule has 2 heterocycles. The fourth-order valence-corrected chi connectivity index (χ4v) is 1.76. The smallest absolute Gasteiger partial charge is 0.230 e. The summed E-state index contributed by atoms with van der Waals surface area (Å²) < 4.78 is 5.11. The van der Waals surface area contributed by atoms with Gasteiger partial charge in [0.15, 0.2) is 5.82 Å². The molecule has 1 saturated heterocycles. The van der Waals surface area contributed by atoms with Crippen LogP contribution in [-0.4, -0.2) is 35.2 Å². The Hall–Kier alpha value is -1.88. The minimum Gasteiger partial charge on any atom is -0.497 e. The predicted octanol–water partition coefficient (Wildman–Crippen LogP) is 2.02. The first-order valence-electron chi connectivity index (χ1n) is 5.57. The SMILES string of the molecule is COc1ccc(-c2nc(Cl)nc(N3CC3)n2)cc1. The first-order chi connectivity index (χ1) is 8.76. The molecule has 0 unspecified atom stereocenters. The maximum Gasteiger partial charge on any atom is 0.230 e. The van der Waals surface area contributed by atoms with Crippen LogP contribution in [0.25, 0.3) is 11.4 Å². The van der Waals surface area contributed by atoms with E-state index >= 15 is 0 Å². The van der Waals surface area contributed by atoms with Gasteiger partial charge >= 0.3 is 0 Å². The molecular weight excluding hydrogens is 252 g/mol. The zero-order valence-corrected chi connectivity index (χ0v) is 10.6. The third kappa shape index (κ3) is 2.22. The van der Waals surface area contributed by atoms with E-state index < -0.39 is 0 Å². The predicted molar refractivity (Wildman–Crippen MR) is 69.0 cm³/mol. The van der Waals surface area contributed by atoms with Gasteiger partial charge in [0.05, 0.1) is 7.11 Å². The molecule has 0 amide bonds. The molecule has 5 nitrogen and oxygen atoms in total. The van der Waals surface area contributed by atoms with Crippen molar-refractivity contribution in [3.05, 3.63) is 29.5 Å². The van der Waals surface area contributed by atoms with Gasteiger partial charge in [0, 0.05) is 18.7 Å². The molecule has 1 aliphatic rings. The molecule has 6 heteroatoms. The van der Waals surface area contributed by atoms with Crippen molar-refractivity contribution in [1.82, 2.24) is 15.0 Å². The molecule has 2 aromatic rings. The fraction of sp³-hybridized carbons (Fsp3) is 0.250. The van der Waals surface area contributed by atoms with Crippen LogP contribution in [0.15, 0.2) is 24.3 Å². The van der Waals surface area contributed by atoms with E-state index in [1.807, 2.05) is 29.2 Å². The lowest BCUT2D eigenvalue weighted by atomic mass is 10.2. The number of hydrogen-bond acceptors (Lipinski definition) is 5. The van der Waals surface area contributed by atoms with E-state index in [4.69, 9.17) is 16.3 Å². The highest BCUT2D eigenvalue weighted by Crippen LogP contribution is 2.24. The van der Waals surface area contributed by atoms with E-state index in [2.05, 4.69) is 15.0 Å². The lowest BCUT2D eigenvalue weighted by Crippen LogP contribution is -2.02. The second kappa shape index (κ2) is 4.42. The number of anilines is 1. The topological polar surface area (TPSA) is 50.9 Å². The molecular formula is C12H11ClN4O. The highest BCUT2D eigenvalue weighted by atomic mass is 35.5. The van der Waals surface area contributed by atoms with E-state index in [0.717, 1.165) is 24.4 Å². The first-order valence-corrected chi connectivity index (χ1v) is 5.95. The average molecular weight is 263 g/mol. The minimum atomic E-state index is 0.220. The zero-order valence-electron chi connectivity index (χ0n) is 9.80. The number of rotatable bonds is 3. The summed E-state index contributed by atoms with van der Waals surface area (Å²) in [6.45, 7) is 1.95. The molecule has 18 heavy (non-hydrogen) atoms. The molecule has 0 aliphatic carbocycles. The molecule has 1 aromatic heterocycles. The molecule has 92 valence electrons. The van der Waals surface area contributed by atoms with Crippen LogP contribution in [0.4, 0.5) is 5.95 Å². The van der Waals surface area contributed by atoms with E-state index in [-0.39, 0.29) is 5.28 Å². The number of benzene rings is 1. The molecule has 0 atom stereocenters. The van der Waals surface area contributed by atoms with Crippen LogP contribution in [-0.2, 0) is 0 Å². The van der Waals surface area contributed by atoms with Crippen molar-refractivity contribution in [3.63, 3.8) is 0 Å². The summed E-state index contributed by atoms with van der Waals surface area (Å²) in [6, 6.07) is 7.53. The van der Waals surface area contributed by atoms with E-state index in [1.165, 1.54) is 0 Å². The van der Waals surface area contributed by atoms with E-state index in [9.17, 15) is 0 Å². The maximum atomic E-state index is 5.92. The van der Waals surface area contributed by atoms with Crippen molar-refractivity contribution in [2.45, 2.75) is 0 Å². The monoisotopic (exact) mass is 262 g/mol. The first kappa shape index (κ1) is 11.2. The Morgan fingerprint density at radius 2 is 1.83 bits per heavy atom. The van der Waals surface area contributed by atoms with Crippen LogP contribution < -0.4 is 9.64 Å². The van der Waals surface area contributed by atoms with Crippen LogP contribution in [0, 0.1) is 0 Å². The molecule has 0 saturated carbocycles. The zero-order chi connectivity index (χ0) is 12.5. The van der Waals surface area contributed by atoms with E-state index in [0.29, 0.717) is 11.8 Å². The molecule has 3 rings (SSSR count). The van der Waals surface area contributed by atoms with E-state index in [1.54, 1.807) is 7.11 Å². The highest BCUT2D eigenvalue weighted by Gasteiger charge is 2.22. The van der Waals surface area contributed by atoms with Crippen LogP contribution in [0.3, 0.4) is 0 Å². The Labute approximate surface area is 109 Å². The molecule has 0 radical (unpaired) electrons. The lowest BCUT2D eigenvalue weighted by Gasteiger charge is -2.05. The van der Waals surface area contributed by atoms with Gasteiger partial charge in [-0.25, -0.2) is 0 Å². The number of nitrogens with zero attached hydrogens (tertiary/aromatic N) is 4. The van der Waals surface area contributed by atoms with Crippen LogP contribution >= 0.6 is 11.6 Å². The Kier molecular flexibility index (Phi) is 2.76. The standard InChI is InChI=1S/C12H11ClN4O/c1-18-9-4-2-8(3-5-9)10-14-11(13)16-12(15-10)17-6-7-17/h2-5H,6-7H2,1H3. The average Bonchev–Trinajstić information content (AvgIpc) is 3.22. The van der Waals surface area contributed by atoms with Gasteiger partial charge in [0.2, 0.25) is 11.2 Å². The number of halogens is 1. The fourth-order valence-electron chi connectivity index (χ4n) is 1.60. The quantitative estimate of drug-likeness (QED) is 0.792. The summed E-state index contributed by atoms with van der Waals surface area (Å²) in [5, 5.41) is 0.220. The maximum absolute atomic E-state index is 5.92. The second-order valence-corrected chi connectivity index (χ2v) is 4.28. The summed E-state index contributed by atoms with van der Waals surface area (Å²) in [5.74, 6) is 2.02. The summed E-state index contributed by atoms with van der Waals surface area (Å²) >= 11 is 5.92. The third-order valence-electron chi connectivity index (χ3n) is 2.67. The third-order valence-corrected chi connectivity index (χ3v) is 2.84. The van der Waals surface area contributed by atoms with Gasteiger partial charge in [0.25, 0.3) is 0 Å². The second-order valence-electron chi connectivity index (χ2n) is 3.94. The van der Waals surface area contributed by atoms with Crippen molar-refractivity contribution in [2.75, 3.05) is 25.1 Å². The van der Waals surface area contributed by atoms with Crippen molar-refractivity contribution in [2.24, 2.45) is 0 Å². The van der Waals surface area contributed by atoms with Crippen LogP contribution in [0.2, 0.25) is 5.28 Å². The Morgan fingerprint density at radius 3 is 2.44 bits per heavy atom. The van der Waals surface area contributed by atoms with Gasteiger partial charge in [-0.1, -0.05) is 0 Å². The summed E-state index contributed by atoms with van der Waals surface area (Å²) in [6.07, 6.45) is 0. The Bertz CT molecular complexity index is 569. The summed E-state index contributed by atoms with van der Waals surface area (Å²) in [7, 11) is 1.63. The Balaban J connectivity index is 1.98. The van der Waals surface area contributed by atoms with Crippen molar-refractivity contribution in [1.29, 1.82) is 0 Å². The van der Waals surface area contributed by atoms with Crippen molar-refractivity contribution in [3.8, 4) is 17.1 Å². The summed E-state index contributed by atoms with van der Waals surface area (Å²) in [5.41, 5.74) is 0.892. The van der Waals surface area contributed by atoms with Gasteiger partial charge in [-0.3, -0.25) is 0 Å². The highest BCUT2D eigenvalue weighted by molar-refractivity contribution is 6.28. The number of methoxy groups -OCH3 is 1. The van der Waals surface area contributed by atoms with Gasteiger partial charge in [-0.2, -0.15) is 15.0 Å². The Morgan fingerprint density at radius 1 is 1.11 bits per heavy atom. The molecule has 0 spiro atoms. The van der Waals surface area contributed by atoms with Gasteiger partial charge in [0.1, 0.15) is 5.75 Å². The molecule has 0 N–H and O–H groups in total. The molecule has 1 aliphatic heterocycles. The number of aromatic nitrogens is 3. The minimum absolute atomic E-state index is 0.220. The molecule has 1 aromatic carbocycles. The normalized spacial score (nSPS) is 13.6. The largest absolute Gasteiger partial charge is 0.497 e. The van der Waals surface area contributed by atoms with Crippen molar-refractivity contribution >= 4 is 17.5 Å². The summed E-state index contributed by atoms with van der Waals surface area (Å²) in [4.78, 5) is 14.7. The molecule has 0 bridgehead atoms. The van der Waals surface area contributed by atoms with Crippen molar-refractivity contribution < 1.29 is 4.74 Å². The lowest BCUT2D eigenvalue weighted by molar-refractivity contribution is 0.415. The van der Waals surface area contributed by atoms with Crippen LogP contribution in [0.5, 0.6) is 5.75 Å². The van der Waals surface area contributed by atoms with Gasteiger partial charge < -0.3 is 9.64 Å².